The van der Waals surface area contributed by atoms with Gasteiger partial charge in [-0.3, -0.25) is 24.0 Å². The molecule has 0 spiro atoms. The van der Waals surface area contributed by atoms with Gasteiger partial charge < -0.3 is 75.3 Å². The predicted molar refractivity (Wildman–Crippen MR) is 304 cm³/mol. The maximum atomic E-state index is 15.0. The van der Waals surface area contributed by atoms with E-state index in [2.05, 4.69) is 20.9 Å². The number of carboxylic acids is 1. The number of hydrogen-bond acceptors (Lipinski definition) is 16. The van der Waals surface area contributed by atoms with Crippen LogP contribution in [0.2, 0.25) is 0 Å². The zero-order chi connectivity index (χ0) is 60.0. The van der Waals surface area contributed by atoms with Gasteiger partial charge in [0.05, 0.1) is 62.5 Å². The van der Waals surface area contributed by atoms with Gasteiger partial charge in [-0.25, -0.2) is 9.78 Å². The molecule has 1 unspecified atom stereocenters. The van der Waals surface area contributed by atoms with Gasteiger partial charge in [-0.05, 0) is 54.9 Å². The van der Waals surface area contributed by atoms with Crippen molar-refractivity contribution in [1.29, 1.82) is 0 Å². The predicted octanol–water partition coefficient (Wildman–Crippen LogP) is 3.46. The number of aromatic nitrogens is 1. The standard InChI is InChI=1S/C58H88N8O14S/c1-13-34(6)46(42(77-11)30-44(68)65-26-17-20-40(65)51(78-12)35(7)53(72)62-39(55-60-25-27-81-55)28-36-18-15-14-16-19-36)64(8)56(74)45(32(2)3)63-54(73)47(33(4)5)66(9,10)31-37-21-22-41(38(29-37)61-43(67)23-24-59)79-58-50(71)48(69)49(70)52(80-58)57(75)76/h14-16,18-19,21-22,25,27,29,32-35,39-40,42,45-52,58,69-71H,13,17,20,23-24,26,28,30-31,59H2,1-12H3,(H3-,61,62,63,67,72,73,75,76)/p+1/t34-,35+,39-,40-,42?,45-,46-,47-,48-,49-,50+,51+,52-,58+/m0/s1. The van der Waals surface area contributed by atoms with Gasteiger partial charge in [0, 0.05) is 63.8 Å². The summed E-state index contributed by atoms with van der Waals surface area (Å²) in [5.74, 6) is -4.67. The number of nitrogens with zero attached hydrogens (tertiary/aromatic N) is 4. The second-order valence-corrected chi connectivity index (χ2v) is 23.8. The second kappa shape index (κ2) is 30.1. The Morgan fingerprint density at radius 1 is 0.914 bits per heavy atom. The number of anilines is 1. The Balaban J connectivity index is 1.32. The summed E-state index contributed by atoms with van der Waals surface area (Å²) in [5.41, 5.74) is 7.44. The molecule has 22 nitrogen and oxygen atoms in total. The van der Waals surface area contributed by atoms with E-state index in [1.54, 1.807) is 42.3 Å². The number of quaternary nitrogens is 1. The van der Waals surface area contributed by atoms with Gasteiger partial charge in [-0.2, -0.15) is 0 Å². The number of rotatable bonds is 29. The zero-order valence-electron chi connectivity index (χ0n) is 49.0. The SMILES string of the molecule is CC[C@H](C)[C@@H](C(CC(=O)N1CCC[C@H]1[C@H](OC)[C@@H](C)C(=O)N[C@@H](Cc1ccccc1)c1nccs1)OC)N(C)C(=O)[C@@H](NC(=O)[C@H](C(C)C)[N+](C)(C)Cc1ccc(O[C@@H]2O[C@H](C(=O)O)[C@@H](O)[C@H](O)[C@H]2O)c(NC(=O)CCN)c1)C(C)C. The highest BCUT2D eigenvalue weighted by Crippen LogP contribution is 2.34. The molecule has 14 atom stereocenters. The van der Waals surface area contributed by atoms with Gasteiger partial charge in [0.1, 0.15) is 41.7 Å². The quantitative estimate of drug-likeness (QED) is 0.0462. The van der Waals surface area contributed by atoms with E-state index in [9.17, 15) is 49.2 Å². The van der Waals surface area contributed by atoms with Crippen molar-refractivity contribution >= 4 is 52.5 Å². The third-order valence-electron chi connectivity index (χ3n) is 15.8. The van der Waals surface area contributed by atoms with Crippen LogP contribution >= 0.6 is 11.3 Å². The molecule has 5 amide bonds. The Kier molecular flexibility index (Phi) is 24.6. The number of carbonyl (C=O) groups is 6. The summed E-state index contributed by atoms with van der Waals surface area (Å²) in [6.45, 7) is 14.0. The van der Waals surface area contributed by atoms with Crippen LogP contribution in [0.5, 0.6) is 5.75 Å². The molecule has 23 heteroatoms. The zero-order valence-corrected chi connectivity index (χ0v) is 49.8. The molecule has 81 heavy (non-hydrogen) atoms. The summed E-state index contributed by atoms with van der Waals surface area (Å²) >= 11 is 1.47. The van der Waals surface area contributed by atoms with E-state index in [-0.39, 0.29) is 89.3 Å². The van der Waals surface area contributed by atoms with E-state index in [0.717, 1.165) is 10.6 Å². The lowest BCUT2D eigenvalue weighted by Gasteiger charge is -2.42. The fourth-order valence-electron chi connectivity index (χ4n) is 11.5. The number of benzene rings is 2. The van der Waals surface area contributed by atoms with Crippen molar-refractivity contribution in [2.45, 2.75) is 167 Å². The van der Waals surface area contributed by atoms with Gasteiger partial charge in [0.2, 0.25) is 29.9 Å². The number of carboxylic acid groups (broad SMARTS) is 1. The van der Waals surface area contributed by atoms with Crippen molar-refractivity contribution in [3.63, 3.8) is 0 Å². The number of likely N-dealkylation sites (N-methyl/N-ethyl adjacent to an activating group) is 2. The molecule has 0 saturated carbocycles. The molecule has 5 rings (SSSR count). The Morgan fingerprint density at radius 3 is 2.19 bits per heavy atom. The van der Waals surface area contributed by atoms with Crippen LogP contribution in [-0.2, 0) is 55.9 Å². The molecule has 1 aromatic heterocycles. The van der Waals surface area contributed by atoms with Crippen LogP contribution in [0.1, 0.15) is 103 Å². The molecule has 450 valence electrons. The fourth-order valence-corrected chi connectivity index (χ4v) is 12.2. The largest absolute Gasteiger partial charge is 0.479 e. The number of ether oxygens (including phenoxy) is 4. The van der Waals surface area contributed by atoms with Crippen LogP contribution in [0.15, 0.2) is 60.1 Å². The van der Waals surface area contributed by atoms with E-state index in [0.29, 0.717) is 37.8 Å². The fraction of sp³-hybridized carbons (Fsp3) is 0.638. The first-order valence-corrected chi connectivity index (χ1v) is 28.9. The molecule has 0 radical (unpaired) electrons. The summed E-state index contributed by atoms with van der Waals surface area (Å²) in [6, 6.07) is 11.6. The Labute approximate surface area is 480 Å². The van der Waals surface area contributed by atoms with Crippen LogP contribution in [0, 0.1) is 23.7 Å². The Bertz CT molecular complexity index is 2540. The lowest BCUT2D eigenvalue weighted by Crippen LogP contribution is -2.63. The average Bonchev–Trinajstić information content (AvgIpc) is 4.15. The molecule has 2 fully saturated rings. The van der Waals surface area contributed by atoms with Crippen molar-refractivity contribution in [3.8, 4) is 5.75 Å². The summed E-state index contributed by atoms with van der Waals surface area (Å²) in [7, 11) is 8.51. The number of nitrogens with two attached hydrogens (primary N) is 1. The minimum Gasteiger partial charge on any atom is -0.479 e. The van der Waals surface area contributed by atoms with Gasteiger partial charge in [0.25, 0.3) is 5.91 Å². The van der Waals surface area contributed by atoms with Crippen molar-refractivity contribution in [3.05, 3.63) is 76.2 Å². The van der Waals surface area contributed by atoms with Crippen LogP contribution in [0.25, 0.3) is 0 Å². The number of hydrogen-bond donors (Lipinski definition) is 8. The van der Waals surface area contributed by atoms with Gasteiger partial charge in [0.15, 0.2) is 12.1 Å². The highest BCUT2D eigenvalue weighted by molar-refractivity contribution is 7.09. The van der Waals surface area contributed by atoms with Crippen molar-refractivity contribution in [2.24, 2.45) is 29.4 Å². The number of aliphatic hydroxyl groups excluding tert-OH is 3. The first-order valence-electron chi connectivity index (χ1n) is 28.0. The third-order valence-corrected chi connectivity index (χ3v) is 16.7. The number of likely N-dealkylation sites (tertiary alicyclic amines) is 1. The van der Waals surface area contributed by atoms with Crippen LogP contribution in [-0.4, -0.2) is 191 Å². The molecule has 2 aliphatic heterocycles. The lowest BCUT2D eigenvalue weighted by atomic mass is 9.89. The number of nitrogens with one attached hydrogen (secondary N) is 3. The first-order chi connectivity index (χ1) is 38.3. The number of aliphatic carboxylic acids is 1. The molecule has 9 N–H and O–H groups in total. The van der Waals surface area contributed by atoms with Crippen LogP contribution < -0.4 is 26.4 Å². The maximum absolute atomic E-state index is 15.0. The highest BCUT2D eigenvalue weighted by atomic mass is 32.1. The first kappa shape index (κ1) is 66.2. The van der Waals surface area contributed by atoms with Crippen molar-refractivity contribution < 1.29 is 72.6 Å². The van der Waals surface area contributed by atoms with Crippen molar-refractivity contribution in [2.75, 3.05) is 53.8 Å². The lowest BCUT2D eigenvalue weighted by molar-refractivity contribution is -0.922. The molecular formula is C58H89N8O14S+. The van der Waals surface area contributed by atoms with E-state index < -0.39 is 84.9 Å². The number of methoxy groups -OCH3 is 2. The van der Waals surface area contributed by atoms with Gasteiger partial charge in [-0.1, -0.05) is 85.2 Å². The average molecular weight is 1150 g/mol. The van der Waals surface area contributed by atoms with Gasteiger partial charge >= 0.3 is 5.97 Å². The molecule has 3 aromatic rings. The number of aliphatic hydroxyl groups is 3. The maximum Gasteiger partial charge on any atom is 0.335 e. The molecular weight excluding hydrogens is 1060 g/mol. The molecule has 0 aliphatic carbocycles. The number of thiazole rings is 1. The summed E-state index contributed by atoms with van der Waals surface area (Å²) in [5, 5.41) is 52.7. The minimum atomic E-state index is -1.94. The second-order valence-electron chi connectivity index (χ2n) is 22.8. The highest BCUT2D eigenvalue weighted by Gasteiger charge is 2.49. The van der Waals surface area contributed by atoms with E-state index in [4.69, 9.17) is 24.7 Å². The molecule has 0 bridgehead atoms. The van der Waals surface area contributed by atoms with E-state index in [1.165, 1.54) is 24.5 Å². The van der Waals surface area contributed by atoms with Crippen LogP contribution in [0.3, 0.4) is 0 Å². The normalized spacial score (nSPS) is 22.4. The Morgan fingerprint density at radius 2 is 1.60 bits per heavy atom. The molecule has 3 heterocycles. The summed E-state index contributed by atoms with van der Waals surface area (Å²) in [6.07, 6.45) is -6.64. The number of amides is 5. The van der Waals surface area contributed by atoms with E-state index in [1.807, 2.05) is 98.3 Å². The van der Waals surface area contributed by atoms with Crippen LogP contribution in [0.4, 0.5) is 5.69 Å². The van der Waals surface area contributed by atoms with Crippen molar-refractivity contribution in [1.82, 2.24) is 25.4 Å². The summed E-state index contributed by atoms with van der Waals surface area (Å²) in [4.78, 5) is 91.1. The molecule has 2 saturated heterocycles. The molecule has 2 aromatic carbocycles. The number of carbonyl (C=O) groups excluding carboxylic acids is 5. The molecule has 2 aliphatic rings. The third kappa shape index (κ3) is 16.8. The monoisotopic (exact) mass is 1150 g/mol. The Hall–Kier alpha value is -5.63. The minimum absolute atomic E-state index is 0.0249. The van der Waals surface area contributed by atoms with Gasteiger partial charge in [-0.15, -0.1) is 11.3 Å². The smallest absolute Gasteiger partial charge is 0.335 e. The summed E-state index contributed by atoms with van der Waals surface area (Å²) < 4.78 is 23.5. The topological polar surface area (TPSA) is 302 Å². The van der Waals surface area contributed by atoms with E-state index >= 15 is 0 Å².